The molecule has 1 saturated carbocycles. The molecule has 0 spiro atoms. The van der Waals surface area contributed by atoms with Crippen LogP contribution in [0.4, 0.5) is 0 Å². The first-order chi connectivity index (χ1) is 15.0. The highest BCUT2D eigenvalue weighted by molar-refractivity contribution is 6.05. The van der Waals surface area contributed by atoms with Gasteiger partial charge in [0.15, 0.2) is 0 Å². The minimum absolute atomic E-state index is 0.102. The molecule has 3 amide bonds. The zero-order valence-corrected chi connectivity index (χ0v) is 17.9. The molecule has 2 unspecified atom stereocenters. The van der Waals surface area contributed by atoms with Crippen molar-refractivity contribution < 1.29 is 14.4 Å². The number of hydrogen-bond donors (Lipinski definition) is 2. The molecule has 31 heavy (non-hydrogen) atoms. The lowest BCUT2D eigenvalue weighted by Gasteiger charge is -2.41. The van der Waals surface area contributed by atoms with E-state index >= 15 is 0 Å². The lowest BCUT2D eigenvalue weighted by molar-refractivity contribution is -0.136. The summed E-state index contributed by atoms with van der Waals surface area (Å²) in [6, 6.07) is 6.17. The molecule has 1 aromatic rings. The first-order valence-electron chi connectivity index (χ1n) is 11.5. The van der Waals surface area contributed by atoms with Crippen LogP contribution in [-0.2, 0) is 22.7 Å². The quantitative estimate of drug-likeness (QED) is 0.636. The number of amides is 3. The van der Waals surface area contributed by atoms with Crippen LogP contribution in [0.25, 0.3) is 0 Å². The highest BCUT2D eigenvalue weighted by Gasteiger charge is 2.40. The topological polar surface area (TPSA) is 99.0 Å². The van der Waals surface area contributed by atoms with Crippen molar-refractivity contribution in [3.63, 3.8) is 0 Å². The molecule has 166 valence electrons. The Hall–Kier alpha value is -2.29. The van der Waals surface area contributed by atoms with Crippen LogP contribution >= 0.6 is 0 Å². The normalized spacial score (nSPS) is 27.5. The number of piperidine rings is 1. The van der Waals surface area contributed by atoms with E-state index in [0.717, 1.165) is 49.8 Å². The molecule has 1 aliphatic carbocycles. The van der Waals surface area contributed by atoms with E-state index in [1.54, 1.807) is 4.90 Å². The lowest BCUT2D eigenvalue weighted by Crippen LogP contribution is -2.54. The van der Waals surface area contributed by atoms with E-state index in [4.69, 9.17) is 5.73 Å². The Morgan fingerprint density at radius 1 is 1.10 bits per heavy atom. The lowest BCUT2D eigenvalue weighted by atomic mass is 10.0. The zero-order chi connectivity index (χ0) is 21.5. The Labute approximate surface area is 182 Å². The fourth-order valence-electron chi connectivity index (χ4n) is 5.38. The van der Waals surface area contributed by atoms with Crippen molar-refractivity contribution >= 4 is 17.7 Å². The summed E-state index contributed by atoms with van der Waals surface area (Å²) >= 11 is 0. The van der Waals surface area contributed by atoms with Gasteiger partial charge in [-0.2, -0.15) is 0 Å². The van der Waals surface area contributed by atoms with Gasteiger partial charge in [0.1, 0.15) is 6.04 Å². The molecule has 8 nitrogen and oxygen atoms in total. The van der Waals surface area contributed by atoms with Gasteiger partial charge in [0.2, 0.25) is 11.8 Å². The molecule has 1 aromatic carbocycles. The molecule has 3 aliphatic heterocycles. The van der Waals surface area contributed by atoms with E-state index in [9.17, 15) is 14.4 Å². The molecule has 3 N–H and O–H groups in total. The zero-order valence-electron chi connectivity index (χ0n) is 17.9. The van der Waals surface area contributed by atoms with E-state index in [1.165, 1.54) is 12.8 Å². The third-order valence-electron chi connectivity index (χ3n) is 7.20. The number of nitrogens with one attached hydrogen (secondary N) is 1. The summed E-state index contributed by atoms with van der Waals surface area (Å²) in [6.45, 7) is 6.06. The van der Waals surface area contributed by atoms with Gasteiger partial charge in [-0.05, 0) is 42.4 Å². The average Bonchev–Trinajstić information content (AvgIpc) is 3.54. The monoisotopic (exact) mass is 425 g/mol. The van der Waals surface area contributed by atoms with E-state index < -0.39 is 6.04 Å². The van der Waals surface area contributed by atoms with Crippen LogP contribution in [0.3, 0.4) is 0 Å². The molecule has 0 bridgehead atoms. The van der Waals surface area contributed by atoms with Gasteiger partial charge in [-0.1, -0.05) is 12.1 Å². The standard InChI is InChI=1S/C23H31N5O3/c24-7-8-27-10-9-26(14-20(27)16-3-4-16)12-15-1-2-17-13-28(23(31)18(17)11-15)19-5-6-21(29)25-22(19)30/h1-2,11,16,19-20H,3-10,12-14,24H2,(H,25,29,30). The Balaban J connectivity index is 1.26. The smallest absolute Gasteiger partial charge is 0.255 e. The molecule has 2 saturated heterocycles. The van der Waals surface area contributed by atoms with Crippen LogP contribution < -0.4 is 11.1 Å². The Bertz CT molecular complexity index is 899. The van der Waals surface area contributed by atoms with Gasteiger partial charge >= 0.3 is 0 Å². The molecule has 3 fully saturated rings. The molecule has 2 atom stereocenters. The second-order valence-electron chi connectivity index (χ2n) is 9.36. The van der Waals surface area contributed by atoms with Gasteiger partial charge in [-0.3, -0.25) is 29.5 Å². The molecule has 0 radical (unpaired) electrons. The van der Waals surface area contributed by atoms with E-state index in [1.807, 2.05) is 12.1 Å². The van der Waals surface area contributed by atoms with Crippen LogP contribution in [0.15, 0.2) is 18.2 Å². The predicted octanol–water partition coefficient (Wildman–Crippen LogP) is 0.303. The van der Waals surface area contributed by atoms with Crippen molar-refractivity contribution in [2.75, 3.05) is 32.7 Å². The third kappa shape index (κ3) is 4.12. The number of fused-ring (bicyclic) bond motifs is 1. The number of nitrogens with two attached hydrogens (primary N) is 1. The van der Waals surface area contributed by atoms with Crippen molar-refractivity contribution in [3.05, 3.63) is 34.9 Å². The number of nitrogens with zero attached hydrogens (tertiary/aromatic N) is 3. The first-order valence-corrected chi connectivity index (χ1v) is 11.5. The fraction of sp³-hybridized carbons (Fsp3) is 0.609. The average molecular weight is 426 g/mol. The van der Waals surface area contributed by atoms with Gasteiger partial charge in [-0.25, -0.2) is 0 Å². The summed E-state index contributed by atoms with van der Waals surface area (Å²) < 4.78 is 0. The third-order valence-corrected chi connectivity index (χ3v) is 7.20. The number of piperazine rings is 1. The molecule has 3 heterocycles. The van der Waals surface area contributed by atoms with E-state index in [0.29, 0.717) is 31.1 Å². The summed E-state index contributed by atoms with van der Waals surface area (Å²) in [4.78, 5) is 43.4. The minimum Gasteiger partial charge on any atom is -0.329 e. The summed E-state index contributed by atoms with van der Waals surface area (Å²) in [5, 5.41) is 2.36. The largest absolute Gasteiger partial charge is 0.329 e. The SMILES string of the molecule is NCCN1CCN(Cc2ccc3c(c2)C(=O)N(C2CCC(=O)NC2=O)C3)CC1C1CC1. The molecule has 8 heteroatoms. The second kappa shape index (κ2) is 8.33. The van der Waals surface area contributed by atoms with Crippen LogP contribution in [0.2, 0.25) is 0 Å². The van der Waals surface area contributed by atoms with Gasteiger partial charge in [0, 0.05) is 63.8 Å². The molecule has 0 aromatic heterocycles. The number of carbonyl (C=O) groups excluding carboxylic acids is 3. The van der Waals surface area contributed by atoms with Gasteiger partial charge < -0.3 is 10.6 Å². The second-order valence-corrected chi connectivity index (χ2v) is 9.36. The Kier molecular flexibility index (Phi) is 5.54. The van der Waals surface area contributed by atoms with E-state index in [-0.39, 0.29) is 24.1 Å². The number of carbonyl (C=O) groups is 3. The Morgan fingerprint density at radius 2 is 1.94 bits per heavy atom. The number of imide groups is 1. The van der Waals surface area contributed by atoms with Crippen molar-refractivity contribution in [1.82, 2.24) is 20.0 Å². The van der Waals surface area contributed by atoms with Crippen molar-refractivity contribution in [2.45, 2.75) is 50.9 Å². The molecular weight excluding hydrogens is 394 g/mol. The summed E-state index contributed by atoms with van der Waals surface area (Å²) in [7, 11) is 0. The molecular formula is C23H31N5O3. The van der Waals surface area contributed by atoms with Crippen molar-refractivity contribution in [3.8, 4) is 0 Å². The van der Waals surface area contributed by atoms with Crippen LogP contribution in [0, 0.1) is 5.92 Å². The summed E-state index contributed by atoms with van der Waals surface area (Å²) in [5.74, 6) is 0.0795. The molecule has 4 aliphatic rings. The highest BCUT2D eigenvalue weighted by Crippen LogP contribution is 2.37. The maximum absolute atomic E-state index is 13.1. The summed E-state index contributed by atoms with van der Waals surface area (Å²) in [6.07, 6.45) is 3.32. The molecule has 5 rings (SSSR count). The van der Waals surface area contributed by atoms with Gasteiger partial charge in [0.25, 0.3) is 5.91 Å². The number of rotatable bonds is 6. The highest BCUT2D eigenvalue weighted by atomic mass is 16.2. The predicted molar refractivity (Wildman–Crippen MR) is 115 cm³/mol. The van der Waals surface area contributed by atoms with Gasteiger partial charge in [0.05, 0.1) is 0 Å². The maximum Gasteiger partial charge on any atom is 0.255 e. The first kappa shape index (κ1) is 20.6. The van der Waals surface area contributed by atoms with Crippen LogP contribution in [0.1, 0.15) is 47.2 Å². The van der Waals surface area contributed by atoms with Gasteiger partial charge in [-0.15, -0.1) is 0 Å². The van der Waals surface area contributed by atoms with Crippen LogP contribution in [0.5, 0.6) is 0 Å². The van der Waals surface area contributed by atoms with E-state index in [2.05, 4.69) is 21.2 Å². The van der Waals surface area contributed by atoms with Crippen LogP contribution in [-0.4, -0.2) is 77.2 Å². The summed E-state index contributed by atoms with van der Waals surface area (Å²) in [5.41, 5.74) is 8.61. The van der Waals surface area contributed by atoms with Crippen molar-refractivity contribution in [2.24, 2.45) is 11.7 Å². The maximum atomic E-state index is 13.1. The number of hydrogen-bond acceptors (Lipinski definition) is 6. The Morgan fingerprint density at radius 3 is 2.68 bits per heavy atom. The van der Waals surface area contributed by atoms with Crippen molar-refractivity contribution in [1.29, 1.82) is 0 Å². The minimum atomic E-state index is -0.559. The number of benzene rings is 1. The fourth-order valence-corrected chi connectivity index (χ4v) is 5.38.